The minimum Gasteiger partial charge on any atom is -0.370 e. The molecular weight excluding hydrogens is 427 g/mol. The van der Waals surface area contributed by atoms with Gasteiger partial charge in [-0.1, -0.05) is 46.0 Å². The molecule has 0 aromatic rings. The van der Waals surface area contributed by atoms with Gasteiger partial charge in [0, 0.05) is 12.5 Å². The van der Waals surface area contributed by atoms with E-state index in [4.69, 9.17) is 11.5 Å². The van der Waals surface area contributed by atoms with Crippen molar-refractivity contribution < 1.29 is 14.4 Å². The van der Waals surface area contributed by atoms with Crippen molar-refractivity contribution in [2.24, 2.45) is 28.3 Å². The summed E-state index contributed by atoms with van der Waals surface area (Å²) in [7, 11) is -0.399. The van der Waals surface area contributed by atoms with Crippen molar-refractivity contribution in [3.05, 3.63) is 0 Å². The van der Waals surface area contributed by atoms with Crippen LogP contribution in [-0.4, -0.2) is 55.6 Å². The van der Waals surface area contributed by atoms with Crippen molar-refractivity contribution in [3.8, 4) is 0 Å². The largest absolute Gasteiger partial charge is 0.370 e. The SMILES string of the molecule is CC[C@H](NC(=O)[C@H](CCCN=C(N)NP(C)C)NC(=O)[C@@H](C)CC1CCCCC1)C(N)=O. The Balaban J connectivity index is 2.71. The number of primary amides is 1. The van der Waals surface area contributed by atoms with Crippen molar-refractivity contribution in [1.29, 1.82) is 0 Å². The Hall–Kier alpha value is -1.89. The second kappa shape index (κ2) is 15.0. The summed E-state index contributed by atoms with van der Waals surface area (Å²) in [6.07, 6.45) is 8.26. The number of hydrogen-bond acceptors (Lipinski definition) is 4. The summed E-state index contributed by atoms with van der Waals surface area (Å²) in [6.45, 7) is 8.19. The summed E-state index contributed by atoms with van der Waals surface area (Å²) in [6, 6.07) is -1.50. The number of nitrogens with zero attached hydrogens (tertiary/aromatic N) is 1. The second-order valence-electron chi connectivity index (χ2n) is 8.99. The lowest BCUT2D eigenvalue weighted by Gasteiger charge is -2.26. The van der Waals surface area contributed by atoms with E-state index in [2.05, 4.69) is 20.7 Å². The van der Waals surface area contributed by atoms with E-state index in [1.54, 1.807) is 6.92 Å². The first-order valence-electron chi connectivity index (χ1n) is 11.8. The first-order valence-corrected chi connectivity index (χ1v) is 14.0. The topological polar surface area (TPSA) is 152 Å². The maximum absolute atomic E-state index is 12.8. The first kappa shape index (κ1) is 28.1. The van der Waals surface area contributed by atoms with Crippen molar-refractivity contribution in [1.82, 2.24) is 15.7 Å². The summed E-state index contributed by atoms with van der Waals surface area (Å²) < 4.78 is 0. The average Bonchev–Trinajstić information content (AvgIpc) is 2.73. The molecular formula is C22H43N6O3P. The van der Waals surface area contributed by atoms with Gasteiger partial charge in [0.25, 0.3) is 0 Å². The lowest BCUT2D eigenvalue weighted by Crippen LogP contribution is -2.53. The van der Waals surface area contributed by atoms with E-state index >= 15 is 0 Å². The van der Waals surface area contributed by atoms with E-state index in [9.17, 15) is 14.4 Å². The minimum absolute atomic E-state index is 0.130. The molecule has 3 amide bonds. The van der Waals surface area contributed by atoms with Gasteiger partial charge in [0.2, 0.25) is 17.7 Å². The highest BCUT2D eigenvalue weighted by Crippen LogP contribution is 2.29. The summed E-state index contributed by atoms with van der Waals surface area (Å²) in [4.78, 5) is 41.5. The zero-order valence-electron chi connectivity index (χ0n) is 20.2. The Labute approximate surface area is 194 Å². The highest BCUT2D eigenvalue weighted by atomic mass is 31.1. The molecule has 1 saturated carbocycles. The van der Waals surface area contributed by atoms with Crippen LogP contribution in [0.15, 0.2) is 4.99 Å². The first-order chi connectivity index (χ1) is 15.1. The van der Waals surface area contributed by atoms with E-state index in [0.29, 0.717) is 37.7 Å². The molecule has 1 fully saturated rings. The predicted molar refractivity (Wildman–Crippen MR) is 131 cm³/mol. The molecule has 0 aromatic carbocycles. The average molecular weight is 471 g/mol. The highest BCUT2D eigenvalue weighted by Gasteiger charge is 2.27. The van der Waals surface area contributed by atoms with E-state index in [0.717, 1.165) is 6.42 Å². The third-order valence-corrected chi connectivity index (χ3v) is 6.51. The fraction of sp³-hybridized carbons (Fsp3) is 0.818. The third kappa shape index (κ3) is 11.1. The van der Waals surface area contributed by atoms with Gasteiger partial charge in [-0.25, -0.2) is 0 Å². The fourth-order valence-electron chi connectivity index (χ4n) is 4.02. The number of carbonyl (C=O) groups is 3. The van der Waals surface area contributed by atoms with Gasteiger partial charge in [-0.3, -0.25) is 19.4 Å². The molecule has 7 N–H and O–H groups in total. The molecule has 10 heteroatoms. The standard InChI is InChI=1S/C22H43N6O3P/c1-5-17(19(23)29)26-21(31)18(12-9-13-25-22(24)28-32(3)4)27-20(30)15(2)14-16-10-7-6-8-11-16/h15-18H,5-14H2,1-4H3,(H2,23,29)(H,26,31)(H,27,30)(H3,24,25,28)/t15-,17-,18-/m0/s1. The fourth-order valence-corrected chi connectivity index (χ4v) is 4.55. The molecule has 0 aliphatic heterocycles. The molecule has 1 rings (SSSR count). The van der Waals surface area contributed by atoms with Crippen molar-refractivity contribution in [3.63, 3.8) is 0 Å². The molecule has 0 radical (unpaired) electrons. The van der Waals surface area contributed by atoms with E-state index in [1.807, 2.05) is 20.3 Å². The number of hydrogen-bond donors (Lipinski definition) is 5. The van der Waals surface area contributed by atoms with Gasteiger partial charge in [0.1, 0.15) is 12.1 Å². The van der Waals surface area contributed by atoms with Crippen LogP contribution >= 0.6 is 8.07 Å². The maximum atomic E-state index is 12.8. The number of rotatable bonds is 13. The highest BCUT2D eigenvalue weighted by molar-refractivity contribution is 7.54. The number of nitrogens with one attached hydrogen (secondary N) is 3. The van der Waals surface area contributed by atoms with Crippen LogP contribution in [0.4, 0.5) is 0 Å². The maximum Gasteiger partial charge on any atom is 0.243 e. The molecule has 0 saturated heterocycles. The van der Waals surface area contributed by atoms with Crippen LogP contribution in [0, 0.1) is 11.8 Å². The van der Waals surface area contributed by atoms with Crippen molar-refractivity contribution in [2.75, 3.05) is 19.9 Å². The zero-order valence-corrected chi connectivity index (χ0v) is 21.0. The summed E-state index contributed by atoms with van der Waals surface area (Å²) >= 11 is 0. The van der Waals surface area contributed by atoms with Gasteiger partial charge in [-0.15, -0.1) is 0 Å². The molecule has 0 bridgehead atoms. The number of guanidine groups is 1. The van der Waals surface area contributed by atoms with E-state index in [-0.39, 0.29) is 11.8 Å². The number of amides is 3. The monoisotopic (exact) mass is 470 g/mol. The molecule has 3 atom stereocenters. The van der Waals surface area contributed by atoms with Gasteiger partial charge in [-0.05, 0) is 53.0 Å². The molecule has 0 spiro atoms. The lowest BCUT2D eigenvalue weighted by atomic mass is 9.83. The predicted octanol–water partition coefficient (Wildman–Crippen LogP) is 1.80. The molecule has 0 aromatic heterocycles. The van der Waals surface area contributed by atoms with Crippen LogP contribution in [-0.2, 0) is 14.4 Å². The van der Waals surface area contributed by atoms with Gasteiger partial charge in [0.05, 0.1) is 0 Å². The number of aliphatic imine (C=N–C) groups is 1. The normalized spacial score (nSPS) is 18.0. The van der Waals surface area contributed by atoms with Crippen LogP contribution in [0.5, 0.6) is 0 Å². The summed E-state index contributed by atoms with van der Waals surface area (Å²) in [5.41, 5.74) is 11.2. The molecule has 9 nitrogen and oxygen atoms in total. The van der Waals surface area contributed by atoms with Gasteiger partial charge >= 0.3 is 0 Å². The zero-order chi connectivity index (χ0) is 24.1. The molecule has 0 unspecified atom stereocenters. The summed E-state index contributed by atoms with van der Waals surface area (Å²) in [5.74, 6) is -0.325. The molecule has 1 aliphatic carbocycles. The van der Waals surface area contributed by atoms with Crippen LogP contribution in [0.1, 0.15) is 71.6 Å². The second-order valence-corrected chi connectivity index (χ2v) is 11.0. The van der Waals surface area contributed by atoms with E-state index in [1.165, 1.54) is 32.1 Å². The Bertz CT molecular complexity index is 637. The van der Waals surface area contributed by atoms with E-state index < -0.39 is 32.0 Å². The smallest absolute Gasteiger partial charge is 0.243 e. The van der Waals surface area contributed by atoms with Gasteiger partial charge in [-0.2, -0.15) is 0 Å². The molecule has 184 valence electrons. The lowest BCUT2D eigenvalue weighted by molar-refractivity contribution is -0.133. The third-order valence-electron chi connectivity index (χ3n) is 5.83. The minimum atomic E-state index is -0.757. The van der Waals surface area contributed by atoms with Crippen LogP contribution in [0.2, 0.25) is 0 Å². The summed E-state index contributed by atoms with van der Waals surface area (Å²) in [5, 5.41) is 8.65. The van der Waals surface area contributed by atoms with Gasteiger partial charge in [0.15, 0.2) is 5.96 Å². The number of nitrogens with two attached hydrogens (primary N) is 2. The quantitative estimate of drug-likeness (QED) is 0.120. The van der Waals surface area contributed by atoms with Crippen LogP contribution in [0.3, 0.4) is 0 Å². The Morgan fingerprint density at radius 1 is 1.03 bits per heavy atom. The van der Waals surface area contributed by atoms with Crippen LogP contribution in [0.25, 0.3) is 0 Å². The molecule has 0 heterocycles. The molecule has 32 heavy (non-hydrogen) atoms. The number of carbonyl (C=O) groups excluding carboxylic acids is 3. The van der Waals surface area contributed by atoms with Gasteiger partial charge < -0.3 is 27.2 Å². The molecule has 1 aliphatic rings. The van der Waals surface area contributed by atoms with Crippen molar-refractivity contribution in [2.45, 2.75) is 83.7 Å². The Morgan fingerprint density at radius 2 is 1.66 bits per heavy atom. The van der Waals surface area contributed by atoms with Crippen molar-refractivity contribution >= 4 is 31.8 Å². The Morgan fingerprint density at radius 3 is 2.22 bits per heavy atom. The Kier molecular flexibility index (Phi) is 13.2. The van der Waals surface area contributed by atoms with Crippen LogP contribution < -0.4 is 27.2 Å².